The molecule has 0 saturated heterocycles. The Hall–Kier alpha value is -2.21. The van der Waals surface area contributed by atoms with E-state index in [0.29, 0.717) is 11.5 Å². The van der Waals surface area contributed by atoms with Gasteiger partial charge in [0.1, 0.15) is 6.61 Å². The lowest BCUT2D eigenvalue weighted by molar-refractivity contribution is -0.114. The van der Waals surface area contributed by atoms with Gasteiger partial charge in [-0.25, -0.2) is 0 Å². The summed E-state index contributed by atoms with van der Waals surface area (Å²) in [6.07, 6.45) is 0. The summed E-state index contributed by atoms with van der Waals surface area (Å²) in [6, 6.07) is 7.01. The predicted octanol–water partition coefficient (Wildman–Crippen LogP) is 1.19. The van der Waals surface area contributed by atoms with Crippen LogP contribution in [0, 0.1) is 0 Å². The van der Waals surface area contributed by atoms with Crippen molar-refractivity contribution in [3.63, 3.8) is 0 Å². The zero-order valence-electron chi connectivity index (χ0n) is 9.17. The Kier molecular flexibility index (Phi) is 3.15. The van der Waals surface area contributed by atoms with Crippen LogP contribution in [-0.2, 0) is 11.4 Å². The lowest BCUT2D eigenvalue weighted by atomic mass is 10.2. The predicted molar refractivity (Wildman–Crippen MR) is 60.0 cm³/mol. The third kappa shape index (κ3) is 2.67. The average molecular weight is 233 g/mol. The first kappa shape index (κ1) is 11.3. The fraction of sp³-hybridized carbons (Fsp3) is 0.182. The molecule has 0 aliphatic heterocycles. The van der Waals surface area contributed by atoms with E-state index in [-0.39, 0.29) is 18.4 Å². The van der Waals surface area contributed by atoms with Gasteiger partial charge in [0, 0.05) is 18.2 Å². The van der Waals surface area contributed by atoms with Gasteiger partial charge in [0.2, 0.25) is 11.7 Å². The van der Waals surface area contributed by atoms with E-state index in [1.807, 2.05) is 0 Å². The Labute approximate surface area is 97.3 Å². The second-order valence-electron chi connectivity index (χ2n) is 3.43. The Bertz CT molecular complexity index is 519. The molecule has 0 fully saturated rings. The van der Waals surface area contributed by atoms with Gasteiger partial charge in [-0.05, 0) is 24.3 Å². The van der Waals surface area contributed by atoms with E-state index in [4.69, 9.17) is 9.63 Å². The number of carbonyl (C=O) groups is 1. The lowest BCUT2D eigenvalue weighted by Crippen LogP contribution is -2.05. The van der Waals surface area contributed by atoms with Crippen LogP contribution in [0.2, 0.25) is 0 Å². The van der Waals surface area contributed by atoms with E-state index >= 15 is 0 Å². The minimum absolute atomic E-state index is 0.125. The normalized spacial score (nSPS) is 10.2. The molecule has 0 unspecified atom stereocenters. The maximum atomic E-state index is 10.8. The third-order valence-electron chi connectivity index (χ3n) is 2.07. The van der Waals surface area contributed by atoms with E-state index in [9.17, 15) is 4.79 Å². The van der Waals surface area contributed by atoms with Crippen molar-refractivity contribution in [1.29, 1.82) is 0 Å². The number of aromatic nitrogens is 2. The molecule has 17 heavy (non-hydrogen) atoms. The second kappa shape index (κ2) is 4.75. The van der Waals surface area contributed by atoms with Gasteiger partial charge in [-0.1, -0.05) is 5.16 Å². The molecule has 2 N–H and O–H groups in total. The molecular weight excluding hydrogens is 222 g/mol. The highest BCUT2D eigenvalue weighted by atomic mass is 16.5. The number of nitrogens with zero attached hydrogens (tertiary/aromatic N) is 2. The lowest BCUT2D eigenvalue weighted by Gasteiger charge is -2.01. The maximum absolute atomic E-state index is 10.8. The molecule has 0 aliphatic carbocycles. The Morgan fingerprint density at radius 2 is 2.12 bits per heavy atom. The van der Waals surface area contributed by atoms with Crippen molar-refractivity contribution < 1.29 is 14.4 Å². The minimum Gasteiger partial charge on any atom is -0.387 e. The maximum Gasteiger partial charge on any atom is 0.252 e. The standard InChI is InChI=1S/C11H11N3O3/c1-7(16)12-9-4-2-8(3-5-9)11-13-10(6-15)17-14-11/h2-5,15H,6H2,1H3,(H,12,16). The van der Waals surface area contributed by atoms with Crippen molar-refractivity contribution in [3.05, 3.63) is 30.2 Å². The van der Waals surface area contributed by atoms with Gasteiger partial charge >= 0.3 is 0 Å². The molecule has 1 aromatic carbocycles. The molecule has 0 radical (unpaired) electrons. The first-order valence-electron chi connectivity index (χ1n) is 5.00. The molecule has 0 spiro atoms. The molecule has 2 aromatic rings. The molecule has 0 atom stereocenters. The van der Waals surface area contributed by atoms with Crippen molar-refractivity contribution in [3.8, 4) is 11.4 Å². The van der Waals surface area contributed by atoms with E-state index in [2.05, 4.69) is 15.5 Å². The van der Waals surface area contributed by atoms with E-state index in [0.717, 1.165) is 5.56 Å². The van der Waals surface area contributed by atoms with Crippen LogP contribution in [0.25, 0.3) is 11.4 Å². The van der Waals surface area contributed by atoms with Gasteiger partial charge in [-0.3, -0.25) is 4.79 Å². The van der Waals surface area contributed by atoms with Crippen LogP contribution in [0.15, 0.2) is 28.8 Å². The molecule has 0 bridgehead atoms. The first-order chi connectivity index (χ1) is 8.19. The van der Waals surface area contributed by atoms with Crippen LogP contribution in [0.4, 0.5) is 5.69 Å². The van der Waals surface area contributed by atoms with Crippen LogP contribution in [-0.4, -0.2) is 21.2 Å². The number of rotatable bonds is 3. The highest BCUT2D eigenvalue weighted by molar-refractivity contribution is 5.88. The average Bonchev–Trinajstić information content (AvgIpc) is 2.78. The molecular formula is C11H11N3O3. The molecule has 2 rings (SSSR count). The number of anilines is 1. The Morgan fingerprint density at radius 3 is 2.65 bits per heavy atom. The van der Waals surface area contributed by atoms with Gasteiger partial charge < -0.3 is 14.9 Å². The summed E-state index contributed by atoms with van der Waals surface area (Å²) in [6.45, 7) is 1.16. The topological polar surface area (TPSA) is 88.2 Å². The first-order valence-corrected chi connectivity index (χ1v) is 5.00. The monoisotopic (exact) mass is 233 g/mol. The zero-order valence-corrected chi connectivity index (χ0v) is 9.17. The quantitative estimate of drug-likeness (QED) is 0.831. The number of carbonyl (C=O) groups excluding carboxylic acids is 1. The van der Waals surface area contributed by atoms with Crippen LogP contribution in [0.3, 0.4) is 0 Å². The van der Waals surface area contributed by atoms with Gasteiger partial charge in [0.05, 0.1) is 0 Å². The molecule has 6 nitrogen and oxygen atoms in total. The van der Waals surface area contributed by atoms with Gasteiger partial charge in [-0.15, -0.1) is 0 Å². The molecule has 1 aromatic heterocycles. The number of hydrogen-bond donors (Lipinski definition) is 2. The number of aliphatic hydroxyl groups excluding tert-OH is 1. The highest BCUT2D eigenvalue weighted by Gasteiger charge is 2.07. The minimum atomic E-state index is -0.281. The summed E-state index contributed by atoms with van der Waals surface area (Å²) in [4.78, 5) is 14.8. The Balaban J connectivity index is 2.19. The number of hydrogen-bond acceptors (Lipinski definition) is 5. The number of aliphatic hydroxyl groups is 1. The molecule has 0 aliphatic rings. The van der Waals surface area contributed by atoms with Crippen molar-refractivity contribution in [1.82, 2.24) is 10.1 Å². The van der Waals surface area contributed by atoms with E-state index in [1.54, 1.807) is 24.3 Å². The van der Waals surface area contributed by atoms with E-state index in [1.165, 1.54) is 6.92 Å². The van der Waals surface area contributed by atoms with Crippen molar-refractivity contribution in [2.45, 2.75) is 13.5 Å². The van der Waals surface area contributed by atoms with Crippen molar-refractivity contribution in [2.24, 2.45) is 0 Å². The number of nitrogens with one attached hydrogen (secondary N) is 1. The summed E-state index contributed by atoms with van der Waals surface area (Å²) >= 11 is 0. The smallest absolute Gasteiger partial charge is 0.252 e. The van der Waals surface area contributed by atoms with Crippen LogP contribution < -0.4 is 5.32 Å². The Morgan fingerprint density at radius 1 is 1.41 bits per heavy atom. The number of amides is 1. The van der Waals surface area contributed by atoms with Gasteiger partial charge in [0.15, 0.2) is 0 Å². The second-order valence-corrected chi connectivity index (χ2v) is 3.43. The summed E-state index contributed by atoms with van der Waals surface area (Å²) < 4.78 is 4.78. The van der Waals surface area contributed by atoms with E-state index < -0.39 is 0 Å². The summed E-state index contributed by atoms with van der Waals surface area (Å²) in [5.74, 6) is 0.453. The third-order valence-corrected chi connectivity index (χ3v) is 2.07. The highest BCUT2D eigenvalue weighted by Crippen LogP contribution is 2.18. The fourth-order valence-electron chi connectivity index (χ4n) is 1.34. The molecule has 0 saturated carbocycles. The van der Waals surface area contributed by atoms with Crippen molar-refractivity contribution >= 4 is 11.6 Å². The van der Waals surface area contributed by atoms with Crippen molar-refractivity contribution in [2.75, 3.05) is 5.32 Å². The molecule has 88 valence electrons. The molecule has 1 heterocycles. The molecule has 6 heteroatoms. The van der Waals surface area contributed by atoms with Crippen LogP contribution >= 0.6 is 0 Å². The largest absolute Gasteiger partial charge is 0.387 e. The SMILES string of the molecule is CC(=O)Nc1ccc(-c2noc(CO)n2)cc1. The molecule has 1 amide bonds. The zero-order chi connectivity index (χ0) is 12.3. The fourth-order valence-corrected chi connectivity index (χ4v) is 1.34. The summed E-state index contributed by atoms with van der Waals surface area (Å²) in [7, 11) is 0. The van der Waals surface area contributed by atoms with Gasteiger partial charge in [0.25, 0.3) is 5.89 Å². The summed E-state index contributed by atoms with van der Waals surface area (Å²) in [5.41, 5.74) is 1.45. The van der Waals surface area contributed by atoms with Crippen LogP contribution in [0.1, 0.15) is 12.8 Å². The van der Waals surface area contributed by atoms with Crippen LogP contribution in [0.5, 0.6) is 0 Å². The number of benzene rings is 1. The van der Waals surface area contributed by atoms with Gasteiger partial charge in [-0.2, -0.15) is 4.98 Å². The summed E-state index contributed by atoms with van der Waals surface area (Å²) in [5, 5.41) is 15.2.